The van der Waals surface area contributed by atoms with Gasteiger partial charge in [0.25, 0.3) is 0 Å². The molecule has 3 heterocycles. The third-order valence-electron chi connectivity index (χ3n) is 5.89. The van der Waals surface area contributed by atoms with E-state index in [9.17, 15) is 14.9 Å². The molecule has 5 rings (SSSR count). The van der Waals surface area contributed by atoms with Gasteiger partial charge in [0, 0.05) is 6.20 Å². The lowest BCUT2D eigenvalue weighted by Crippen LogP contribution is -2.40. The fraction of sp³-hybridized carbons (Fsp3) is 0.227. The van der Waals surface area contributed by atoms with E-state index in [0.29, 0.717) is 5.69 Å². The van der Waals surface area contributed by atoms with Crippen LogP contribution in [0.1, 0.15) is 22.7 Å². The molecule has 3 aliphatic rings. The van der Waals surface area contributed by atoms with Crippen LogP contribution in [0.15, 0.2) is 54.7 Å². The standard InChI is InChI=1S/C22H17N3O2/c1-13-6-8-15(9-7-13)25-21(26)18-17(12-23)24-11-10-14-4-2-3-5-16(14)20(24)19(18)22(25)27/h2-11,17-20H,1H3/t17-,18+,19+,20+/m1/s1. The minimum Gasteiger partial charge on any atom is -0.353 e. The monoisotopic (exact) mass is 355 g/mol. The van der Waals surface area contributed by atoms with Crippen LogP contribution in [0.25, 0.3) is 6.08 Å². The summed E-state index contributed by atoms with van der Waals surface area (Å²) in [6.07, 6.45) is 3.81. The van der Waals surface area contributed by atoms with Crippen LogP contribution in [-0.2, 0) is 9.59 Å². The summed E-state index contributed by atoms with van der Waals surface area (Å²) in [5.41, 5.74) is 3.67. The lowest BCUT2D eigenvalue weighted by atomic mass is 9.85. The molecule has 4 atom stereocenters. The van der Waals surface area contributed by atoms with E-state index >= 15 is 0 Å². The largest absolute Gasteiger partial charge is 0.353 e. The third-order valence-corrected chi connectivity index (χ3v) is 5.89. The van der Waals surface area contributed by atoms with Crippen molar-refractivity contribution in [3.63, 3.8) is 0 Å². The molecule has 0 N–H and O–H groups in total. The predicted octanol–water partition coefficient (Wildman–Crippen LogP) is 3.03. The molecule has 0 aromatic heterocycles. The average Bonchev–Trinajstić information content (AvgIpc) is 3.15. The molecule has 5 nitrogen and oxygen atoms in total. The van der Waals surface area contributed by atoms with Gasteiger partial charge >= 0.3 is 0 Å². The van der Waals surface area contributed by atoms with E-state index in [1.54, 1.807) is 12.1 Å². The predicted molar refractivity (Wildman–Crippen MR) is 100 cm³/mol. The second-order valence-electron chi connectivity index (χ2n) is 7.31. The van der Waals surface area contributed by atoms with E-state index in [2.05, 4.69) is 6.07 Å². The van der Waals surface area contributed by atoms with Gasteiger partial charge in [0.2, 0.25) is 11.8 Å². The van der Waals surface area contributed by atoms with Crippen LogP contribution in [0.3, 0.4) is 0 Å². The maximum atomic E-state index is 13.4. The van der Waals surface area contributed by atoms with Gasteiger partial charge < -0.3 is 4.90 Å². The lowest BCUT2D eigenvalue weighted by Gasteiger charge is -2.33. The van der Waals surface area contributed by atoms with E-state index in [-0.39, 0.29) is 17.9 Å². The number of benzene rings is 2. The number of nitriles is 1. The van der Waals surface area contributed by atoms with Crippen LogP contribution >= 0.6 is 0 Å². The van der Waals surface area contributed by atoms with Gasteiger partial charge in [-0.2, -0.15) is 5.26 Å². The molecule has 0 saturated carbocycles. The maximum absolute atomic E-state index is 13.4. The van der Waals surface area contributed by atoms with Crippen LogP contribution in [0.4, 0.5) is 5.69 Å². The van der Waals surface area contributed by atoms with Crippen molar-refractivity contribution in [3.8, 4) is 6.07 Å². The number of anilines is 1. The molecule has 2 aromatic rings. The summed E-state index contributed by atoms with van der Waals surface area (Å²) in [5.74, 6) is -1.69. The van der Waals surface area contributed by atoms with E-state index in [4.69, 9.17) is 0 Å². The first-order chi connectivity index (χ1) is 13.1. The number of carbonyl (C=O) groups excluding carboxylic acids is 2. The minimum absolute atomic E-state index is 0.216. The number of carbonyl (C=O) groups is 2. The molecule has 0 radical (unpaired) electrons. The molecule has 0 unspecified atom stereocenters. The fourth-order valence-electron chi connectivity index (χ4n) is 4.65. The summed E-state index contributed by atoms with van der Waals surface area (Å²) >= 11 is 0. The van der Waals surface area contributed by atoms with Crippen LogP contribution in [0, 0.1) is 30.1 Å². The summed E-state index contributed by atoms with van der Waals surface area (Å²) in [6, 6.07) is 16.6. The van der Waals surface area contributed by atoms with Gasteiger partial charge in [-0.15, -0.1) is 0 Å². The molecule has 2 saturated heterocycles. The smallest absolute Gasteiger partial charge is 0.240 e. The van der Waals surface area contributed by atoms with Gasteiger partial charge in [0.05, 0.1) is 29.6 Å². The molecule has 3 aliphatic heterocycles. The summed E-state index contributed by atoms with van der Waals surface area (Å²) < 4.78 is 0. The van der Waals surface area contributed by atoms with Crippen LogP contribution < -0.4 is 4.90 Å². The highest BCUT2D eigenvalue weighted by atomic mass is 16.2. The van der Waals surface area contributed by atoms with Crippen molar-refractivity contribution in [2.24, 2.45) is 11.8 Å². The maximum Gasteiger partial charge on any atom is 0.240 e. The second kappa shape index (κ2) is 5.55. The number of amides is 2. The Bertz CT molecular complexity index is 1030. The Kier molecular flexibility index (Phi) is 3.26. The van der Waals surface area contributed by atoms with E-state index in [0.717, 1.165) is 16.7 Å². The zero-order chi connectivity index (χ0) is 18.7. The van der Waals surface area contributed by atoms with Gasteiger partial charge in [0.15, 0.2) is 0 Å². The lowest BCUT2D eigenvalue weighted by molar-refractivity contribution is -0.123. The first kappa shape index (κ1) is 15.8. The molecular weight excluding hydrogens is 338 g/mol. The number of hydrogen-bond acceptors (Lipinski definition) is 4. The van der Waals surface area contributed by atoms with Crippen molar-refractivity contribution in [2.75, 3.05) is 4.90 Å². The van der Waals surface area contributed by atoms with E-state index < -0.39 is 17.9 Å². The molecule has 0 aliphatic carbocycles. The zero-order valence-corrected chi connectivity index (χ0v) is 14.7. The van der Waals surface area contributed by atoms with Crippen LogP contribution in [0.2, 0.25) is 0 Å². The van der Waals surface area contributed by atoms with E-state index in [1.807, 2.05) is 60.5 Å². The molecule has 0 bridgehead atoms. The highest BCUT2D eigenvalue weighted by molar-refractivity contribution is 6.23. The Balaban J connectivity index is 1.63. The van der Waals surface area contributed by atoms with Crippen LogP contribution in [0.5, 0.6) is 0 Å². The summed E-state index contributed by atoms with van der Waals surface area (Å²) in [6.45, 7) is 1.96. The Morgan fingerprint density at radius 1 is 0.963 bits per heavy atom. The molecule has 132 valence electrons. The number of aryl methyl sites for hydroxylation is 1. The average molecular weight is 355 g/mol. The van der Waals surface area contributed by atoms with Crippen molar-refractivity contribution < 1.29 is 9.59 Å². The Hall–Kier alpha value is -3.39. The molecule has 2 aromatic carbocycles. The Morgan fingerprint density at radius 3 is 2.41 bits per heavy atom. The Labute approximate surface area is 157 Å². The molecule has 27 heavy (non-hydrogen) atoms. The number of imide groups is 1. The van der Waals surface area contributed by atoms with Gasteiger partial charge in [-0.25, -0.2) is 4.90 Å². The number of rotatable bonds is 1. The first-order valence-corrected chi connectivity index (χ1v) is 9.00. The van der Waals surface area contributed by atoms with Crippen molar-refractivity contribution in [1.82, 2.24) is 4.90 Å². The number of nitrogens with zero attached hydrogens (tertiary/aromatic N) is 3. The summed E-state index contributed by atoms with van der Waals surface area (Å²) in [7, 11) is 0. The van der Waals surface area contributed by atoms with Gasteiger partial charge in [-0.3, -0.25) is 9.59 Å². The zero-order valence-electron chi connectivity index (χ0n) is 14.7. The third kappa shape index (κ3) is 2.04. The van der Waals surface area contributed by atoms with Crippen molar-refractivity contribution in [2.45, 2.75) is 19.0 Å². The highest BCUT2D eigenvalue weighted by Crippen LogP contribution is 2.52. The van der Waals surface area contributed by atoms with Crippen molar-refractivity contribution in [1.29, 1.82) is 5.26 Å². The first-order valence-electron chi connectivity index (χ1n) is 9.00. The Morgan fingerprint density at radius 2 is 1.67 bits per heavy atom. The normalized spacial score (nSPS) is 28.0. The molecule has 2 amide bonds. The molecular formula is C22H17N3O2. The molecule has 2 fully saturated rings. The fourth-order valence-corrected chi connectivity index (χ4v) is 4.65. The van der Waals surface area contributed by atoms with Gasteiger partial charge in [0.1, 0.15) is 6.04 Å². The summed E-state index contributed by atoms with van der Waals surface area (Å²) in [4.78, 5) is 29.7. The van der Waals surface area contributed by atoms with Gasteiger partial charge in [-0.05, 0) is 36.3 Å². The molecule has 0 spiro atoms. The van der Waals surface area contributed by atoms with Crippen molar-refractivity contribution >= 4 is 23.6 Å². The van der Waals surface area contributed by atoms with Crippen LogP contribution in [-0.4, -0.2) is 22.8 Å². The number of fused-ring (bicyclic) bond motifs is 5. The molecule has 5 heteroatoms. The summed E-state index contributed by atoms with van der Waals surface area (Å²) in [5, 5.41) is 9.79. The van der Waals surface area contributed by atoms with Gasteiger partial charge in [-0.1, -0.05) is 42.0 Å². The number of hydrogen-bond donors (Lipinski definition) is 0. The highest BCUT2D eigenvalue weighted by Gasteiger charge is 2.63. The quantitative estimate of drug-likeness (QED) is 0.738. The SMILES string of the molecule is Cc1ccc(N2C(=O)[C@@H]3[C@H](C2=O)[C@@H]2c4ccccc4C=CN2[C@@H]3C#N)cc1. The minimum atomic E-state index is -0.649. The van der Waals surface area contributed by atoms with Crippen molar-refractivity contribution in [3.05, 3.63) is 71.4 Å². The van der Waals surface area contributed by atoms with E-state index in [1.165, 1.54) is 4.90 Å². The second-order valence-corrected chi connectivity index (χ2v) is 7.31. The topological polar surface area (TPSA) is 64.4 Å².